The third-order valence-corrected chi connectivity index (χ3v) is 6.44. The number of amides is 1. The van der Waals surface area contributed by atoms with Crippen LogP contribution in [0.5, 0.6) is 0 Å². The van der Waals surface area contributed by atoms with Crippen molar-refractivity contribution in [3.05, 3.63) is 75.0 Å². The number of hydrogen-bond donors (Lipinski definition) is 0. The molecule has 7 heteroatoms. The Labute approximate surface area is 169 Å². The van der Waals surface area contributed by atoms with Crippen LogP contribution < -0.4 is 4.90 Å². The number of para-hydroxylation sites is 1. The third-order valence-electron chi connectivity index (χ3n) is 4.76. The average molecular weight is 444 g/mol. The maximum absolute atomic E-state index is 14.1. The molecule has 2 aromatic rings. The Morgan fingerprint density at radius 2 is 1.93 bits per heavy atom. The van der Waals surface area contributed by atoms with Crippen LogP contribution in [0.1, 0.15) is 17.9 Å². The van der Waals surface area contributed by atoms with Gasteiger partial charge in [0.1, 0.15) is 5.82 Å². The summed E-state index contributed by atoms with van der Waals surface area (Å²) in [7, 11) is 0. The lowest BCUT2D eigenvalue weighted by atomic mass is 9.86. The van der Waals surface area contributed by atoms with E-state index in [0.29, 0.717) is 22.2 Å². The van der Waals surface area contributed by atoms with E-state index in [0.717, 1.165) is 10.0 Å². The Morgan fingerprint density at radius 1 is 1.19 bits per heavy atom. The summed E-state index contributed by atoms with van der Waals surface area (Å²) in [5.41, 5.74) is 2.02. The zero-order chi connectivity index (χ0) is 19.0. The highest BCUT2D eigenvalue weighted by atomic mass is 79.9. The fourth-order valence-corrected chi connectivity index (χ4v) is 4.83. The zero-order valence-corrected chi connectivity index (χ0v) is 16.6. The minimum absolute atomic E-state index is 0.0505. The molecule has 0 spiro atoms. The van der Waals surface area contributed by atoms with Crippen LogP contribution in [-0.2, 0) is 4.79 Å². The second-order valence-electron chi connectivity index (χ2n) is 6.37. The first-order valence-electron chi connectivity index (χ1n) is 8.41. The molecule has 0 aromatic heterocycles. The van der Waals surface area contributed by atoms with E-state index >= 15 is 0 Å². The minimum Gasteiger partial charge on any atom is -0.341 e. The second kappa shape index (κ2) is 7.37. The zero-order valence-electron chi connectivity index (χ0n) is 14.2. The van der Waals surface area contributed by atoms with Crippen molar-refractivity contribution in [2.45, 2.75) is 12.3 Å². The number of hydrogen-bond acceptors (Lipinski definition) is 4. The van der Waals surface area contributed by atoms with E-state index in [-0.39, 0.29) is 30.7 Å². The lowest BCUT2D eigenvalue weighted by molar-refractivity contribution is -0.129. The van der Waals surface area contributed by atoms with E-state index in [1.807, 2.05) is 29.2 Å². The van der Waals surface area contributed by atoms with Gasteiger partial charge < -0.3 is 4.90 Å². The highest BCUT2D eigenvalue weighted by Crippen LogP contribution is 2.43. The quantitative estimate of drug-likeness (QED) is 0.667. The molecule has 2 aliphatic heterocycles. The lowest BCUT2D eigenvalue weighted by Crippen LogP contribution is -2.47. The van der Waals surface area contributed by atoms with Gasteiger partial charge in [-0.15, -0.1) is 0 Å². The molecule has 1 amide bonds. The van der Waals surface area contributed by atoms with Crippen LogP contribution in [0.15, 0.2) is 63.6 Å². The van der Waals surface area contributed by atoms with E-state index in [1.54, 1.807) is 23.1 Å². The Hall–Kier alpha value is -2.30. The number of thioether (sulfide) groups is 1. The Kier molecular flexibility index (Phi) is 4.94. The molecule has 1 saturated heterocycles. The summed E-state index contributed by atoms with van der Waals surface area (Å²) in [5, 5.41) is 10.5. The summed E-state index contributed by atoms with van der Waals surface area (Å²) >= 11 is 4.82. The van der Waals surface area contributed by atoms with Crippen LogP contribution in [0.4, 0.5) is 10.1 Å². The van der Waals surface area contributed by atoms with Crippen LogP contribution in [0, 0.1) is 17.1 Å². The molecule has 136 valence electrons. The van der Waals surface area contributed by atoms with Crippen molar-refractivity contribution in [2.24, 2.45) is 0 Å². The van der Waals surface area contributed by atoms with Crippen molar-refractivity contribution in [2.75, 3.05) is 17.4 Å². The van der Waals surface area contributed by atoms with Crippen molar-refractivity contribution in [1.82, 2.24) is 4.90 Å². The number of halogens is 2. The molecule has 2 aliphatic rings. The van der Waals surface area contributed by atoms with E-state index in [9.17, 15) is 14.4 Å². The van der Waals surface area contributed by atoms with Gasteiger partial charge >= 0.3 is 0 Å². The monoisotopic (exact) mass is 443 g/mol. The molecule has 0 saturated carbocycles. The summed E-state index contributed by atoms with van der Waals surface area (Å²) in [6.45, 7) is 0.250. The molecule has 1 fully saturated rings. The molecule has 2 heterocycles. The second-order valence-corrected chi connectivity index (χ2v) is 8.22. The van der Waals surface area contributed by atoms with Crippen molar-refractivity contribution < 1.29 is 9.18 Å². The number of nitriles is 1. The number of carbonyl (C=O) groups is 1. The van der Waals surface area contributed by atoms with Crippen LogP contribution >= 0.6 is 27.7 Å². The van der Waals surface area contributed by atoms with Gasteiger partial charge in [-0.2, -0.15) is 5.26 Å². The van der Waals surface area contributed by atoms with E-state index in [4.69, 9.17) is 0 Å². The molecule has 0 aliphatic carbocycles. The van der Waals surface area contributed by atoms with Gasteiger partial charge in [-0.25, -0.2) is 4.39 Å². The molecular formula is C20H15BrFN3OS. The predicted octanol–water partition coefficient (Wildman–Crippen LogP) is 4.81. The van der Waals surface area contributed by atoms with Crippen LogP contribution in [0.3, 0.4) is 0 Å². The number of rotatable bonds is 2. The summed E-state index contributed by atoms with van der Waals surface area (Å²) in [6, 6.07) is 16.6. The molecule has 1 atom stereocenters. The minimum atomic E-state index is -0.316. The number of benzene rings is 2. The fraction of sp³-hybridized carbons (Fsp3) is 0.200. The number of fused-ring (bicyclic) bond motifs is 1. The molecule has 27 heavy (non-hydrogen) atoms. The highest BCUT2D eigenvalue weighted by Gasteiger charge is 2.38. The molecule has 0 bridgehead atoms. The van der Waals surface area contributed by atoms with Crippen LogP contribution in [0.25, 0.3) is 0 Å². The SMILES string of the molecule is N#CC1=C2SCN(c3ccccc3F)CN2C(=O)C[C@@H]1c1ccc(Br)cc1. The lowest BCUT2D eigenvalue weighted by Gasteiger charge is -2.42. The predicted molar refractivity (Wildman–Crippen MR) is 107 cm³/mol. The van der Waals surface area contributed by atoms with E-state index in [2.05, 4.69) is 22.0 Å². The fourth-order valence-electron chi connectivity index (χ4n) is 3.40. The molecule has 4 nitrogen and oxygen atoms in total. The van der Waals surface area contributed by atoms with E-state index < -0.39 is 0 Å². The summed E-state index contributed by atoms with van der Waals surface area (Å²) < 4.78 is 15.1. The summed E-state index contributed by atoms with van der Waals surface area (Å²) in [6.07, 6.45) is 0.236. The van der Waals surface area contributed by atoms with Crippen LogP contribution in [-0.4, -0.2) is 23.4 Å². The number of nitrogens with zero attached hydrogens (tertiary/aromatic N) is 3. The molecule has 0 radical (unpaired) electrons. The van der Waals surface area contributed by atoms with Crippen molar-refractivity contribution in [1.29, 1.82) is 5.26 Å². The Balaban J connectivity index is 1.68. The summed E-state index contributed by atoms with van der Waals surface area (Å²) in [4.78, 5) is 16.3. The topological polar surface area (TPSA) is 47.3 Å². The number of allylic oxidation sites excluding steroid dienone is 1. The highest BCUT2D eigenvalue weighted by molar-refractivity contribution is 9.10. The standard InChI is InChI=1S/C20H15BrFN3OS/c21-14-7-5-13(6-8-14)15-9-19(26)25-11-24(12-27-20(25)16(15)10-23)18-4-2-1-3-17(18)22/h1-8,15H,9,11-12H2/t15-/m1/s1. The Bertz CT molecular complexity index is 970. The largest absolute Gasteiger partial charge is 0.341 e. The first kappa shape index (κ1) is 18.1. The molecular weight excluding hydrogens is 429 g/mol. The third kappa shape index (κ3) is 3.35. The maximum atomic E-state index is 14.1. The normalized spacial score (nSPS) is 19.7. The first-order valence-corrected chi connectivity index (χ1v) is 10.2. The van der Waals surface area contributed by atoms with Gasteiger partial charge in [-0.1, -0.05) is 52.0 Å². The molecule has 0 unspecified atom stereocenters. The maximum Gasteiger partial charge on any atom is 0.229 e. The smallest absolute Gasteiger partial charge is 0.229 e. The average Bonchev–Trinajstić information content (AvgIpc) is 2.69. The van der Waals surface area contributed by atoms with Crippen LogP contribution in [0.2, 0.25) is 0 Å². The number of anilines is 1. The molecule has 2 aromatic carbocycles. The first-order chi connectivity index (χ1) is 13.1. The van der Waals surface area contributed by atoms with Gasteiger partial charge in [0.2, 0.25) is 5.91 Å². The summed E-state index contributed by atoms with van der Waals surface area (Å²) in [5.74, 6) is -0.124. The number of carbonyl (C=O) groups excluding carboxylic acids is 1. The molecule has 0 N–H and O–H groups in total. The van der Waals surface area contributed by atoms with Crippen molar-refractivity contribution in [3.63, 3.8) is 0 Å². The Morgan fingerprint density at radius 3 is 2.63 bits per heavy atom. The van der Waals surface area contributed by atoms with Crippen molar-refractivity contribution >= 4 is 39.3 Å². The van der Waals surface area contributed by atoms with Gasteiger partial charge in [-0.05, 0) is 29.8 Å². The van der Waals surface area contributed by atoms with Gasteiger partial charge in [0, 0.05) is 16.8 Å². The van der Waals surface area contributed by atoms with Gasteiger partial charge in [-0.3, -0.25) is 9.69 Å². The van der Waals surface area contributed by atoms with Gasteiger partial charge in [0.15, 0.2) is 0 Å². The van der Waals surface area contributed by atoms with Gasteiger partial charge in [0.05, 0.1) is 34.9 Å². The van der Waals surface area contributed by atoms with Gasteiger partial charge in [0.25, 0.3) is 0 Å². The van der Waals surface area contributed by atoms with E-state index in [1.165, 1.54) is 17.8 Å². The molecule has 4 rings (SSSR count). The van der Waals surface area contributed by atoms with Crippen molar-refractivity contribution in [3.8, 4) is 6.07 Å².